The highest BCUT2D eigenvalue weighted by Gasteiger charge is 1.98. The van der Waals surface area contributed by atoms with E-state index in [1.165, 1.54) is 0 Å². The second kappa shape index (κ2) is 3.72. The van der Waals surface area contributed by atoms with E-state index >= 15 is 0 Å². The van der Waals surface area contributed by atoms with E-state index in [9.17, 15) is 0 Å². The van der Waals surface area contributed by atoms with Crippen LogP contribution in [0.3, 0.4) is 0 Å². The molecule has 0 atom stereocenters. The summed E-state index contributed by atoms with van der Waals surface area (Å²) in [6.45, 7) is 1.01. The Hall–Kier alpha value is -0.570. The van der Waals surface area contributed by atoms with E-state index in [-0.39, 0.29) is 0 Å². The third-order valence-electron chi connectivity index (χ3n) is 1.61. The molecule has 0 aliphatic carbocycles. The summed E-state index contributed by atoms with van der Waals surface area (Å²) < 4.78 is 0. The van der Waals surface area contributed by atoms with E-state index < -0.39 is 0 Å². The molecule has 60 valence electrons. The standard InChI is InChI=1S/C8H11ClN2/c9-8-2-1-6(4-10)7(3-8)5-11/h1-3H,4-5,10-11H2. The summed E-state index contributed by atoms with van der Waals surface area (Å²) in [7, 11) is 0. The molecule has 0 unspecified atom stereocenters. The Labute approximate surface area is 71.1 Å². The average Bonchev–Trinajstić information content (AvgIpc) is 2.04. The molecule has 0 aromatic heterocycles. The zero-order valence-electron chi connectivity index (χ0n) is 6.18. The van der Waals surface area contributed by atoms with Gasteiger partial charge in [0.2, 0.25) is 0 Å². The van der Waals surface area contributed by atoms with Crippen LogP contribution >= 0.6 is 11.6 Å². The molecule has 0 aliphatic rings. The van der Waals surface area contributed by atoms with Crippen molar-refractivity contribution in [3.05, 3.63) is 34.3 Å². The highest BCUT2D eigenvalue weighted by atomic mass is 35.5. The zero-order valence-corrected chi connectivity index (χ0v) is 6.93. The van der Waals surface area contributed by atoms with Gasteiger partial charge in [-0.15, -0.1) is 0 Å². The van der Waals surface area contributed by atoms with Crippen molar-refractivity contribution in [2.75, 3.05) is 0 Å². The Morgan fingerprint density at radius 3 is 2.27 bits per heavy atom. The molecule has 0 radical (unpaired) electrons. The normalized spacial score (nSPS) is 10.1. The largest absolute Gasteiger partial charge is 0.326 e. The summed E-state index contributed by atoms with van der Waals surface area (Å²) in [5.74, 6) is 0. The fraction of sp³-hybridized carbons (Fsp3) is 0.250. The van der Waals surface area contributed by atoms with Crippen LogP contribution in [0.5, 0.6) is 0 Å². The second-order valence-corrected chi connectivity index (χ2v) is 2.76. The number of halogens is 1. The first-order valence-corrected chi connectivity index (χ1v) is 3.83. The maximum Gasteiger partial charge on any atom is 0.0409 e. The molecule has 1 aromatic carbocycles. The first-order valence-electron chi connectivity index (χ1n) is 3.45. The van der Waals surface area contributed by atoms with Crippen molar-refractivity contribution in [1.82, 2.24) is 0 Å². The summed E-state index contributed by atoms with van der Waals surface area (Å²) >= 11 is 5.76. The smallest absolute Gasteiger partial charge is 0.0409 e. The number of hydrogen-bond acceptors (Lipinski definition) is 2. The highest BCUT2D eigenvalue weighted by molar-refractivity contribution is 6.30. The molecule has 4 N–H and O–H groups in total. The minimum absolute atomic E-state index is 0.493. The summed E-state index contributed by atoms with van der Waals surface area (Å²) in [5.41, 5.74) is 13.1. The molecule has 1 aromatic rings. The van der Waals surface area contributed by atoms with Crippen LogP contribution in [0.15, 0.2) is 18.2 Å². The predicted octanol–water partition coefficient (Wildman–Crippen LogP) is 1.26. The molecule has 0 spiro atoms. The Morgan fingerprint density at radius 2 is 1.73 bits per heavy atom. The van der Waals surface area contributed by atoms with Crippen molar-refractivity contribution in [3.63, 3.8) is 0 Å². The van der Waals surface area contributed by atoms with Crippen LogP contribution in [-0.4, -0.2) is 0 Å². The first kappa shape index (κ1) is 8.53. The zero-order chi connectivity index (χ0) is 8.27. The van der Waals surface area contributed by atoms with Crippen LogP contribution in [0.2, 0.25) is 5.02 Å². The quantitative estimate of drug-likeness (QED) is 0.702. The van der Waals surface area contributed by atoms with Crippen LogP contribution in [-0.2, 0) is 13.1 Å². The molecule has 2 nitrogen and oxygen atoms in total. The van der Waals surface area contributed by atoms with Crippen molar-refractivity contribution < 1.29 is 0 Å². The average molecular weight is 171 g/mol. The monoisotopic (exact) mass is 170 g/mol. The molecule has 0 aliphatic heterocycles. The van der Waals surface area contributed by atoms with E-state index in [0.29, 0.717) is 18.1 Å². The first-order chi connectivity index (χ1) is 5.27. The van der Waals surface area contributed by atoms with E-state index in [1.54, 1.807) is 0 Å². The topological polar surface area (TPSA) is 52.0 Å². The van der Waals surface area contributed by atoms with Gasteiger partial charge in [0.05, 0.1) is 0 Å². The third kappa shape index (κ3) is 1.93. The van der Waals surface area contributed by atoms with E-state index in [4.69, 9.17) is 23.1 Å². The summed E-state index contributed by atoms with van der Waals surface area (Å²) in [6.07, 6.45) is 0. The van der Waals surface area contributed by atoms with Crippen molar-refractivity contribution in [2.24, 2.45) is 11.5 Å². The lowest BCUT2D eigenvalue weighted by atomic mass is 10.1. The fourth-order valence-electron chi connectivity index (χ4n) is 0.984. The van der Waals surface area contributed by atoms with Crippen LogP contribution in [0.1, 0.15) is 11.1 Å². The molecule has 0 heterocycles. The minimum Gasteiger partial charge on any atom is -0.326 e. The second-order valence-electron chi connectivity index (χ2n) is 2.32. The maximum absolute atomic E-state index is 5.76. The van der Waals surface area contributed by atoms with E-state index in [2.05, 4.69) is 0 Å². The van der Waals surface area contributed by atoms with Crippen LogP contribution in [0.25, 0.3) is 0 Å². The molecular formula is C8H11ClN2. The van der Waals surface area contributed by atoms with E-state index in [0.717, 1.165) is 11.1 Å². The molecule has 0 saturated carbocycles. The van der Waals surface area contributed by atoms with Crippen molar-refractivity contribution >= 4 is 11.6 Å². The summed E-state index contributed by atoms with van der Waals surface area (Å²) in [6, 6.07) is 5.58. The van der Waals surface area contributed by atoms with Gasteiger partial charge in [-0.2, -0.15) is 0 Å². The lowest BCUT2D eigenvalue weighted by Gasteiger charge is -2.04. The van der Waals surface area contributed by atoms with Gasteiger partial charge in [-0.1, -0.05) is 17.7 Å². The van der Waals surface area contributed by atoms with Gasteiger partial charge in [0, 0.05) is 18.1 Å². The van der Waals surface area contributed by atoms with Gasteiger partial charge in [0.1, 0.15) is 0 Å². The molecule has 1 rings (SSSR count). The van der Waals surface area contributed by atoms with Crippen LogP contribution in [0, 0.1) is 0 Å². The van der Waals surface area contributed by atoms with Gasteiger partial charge in [-0.3, -0.25) is 0 Å². The highest BCUT2D eigenvalue weighted by Crippen LogP contribution is 2.14. The number of hydrogen-bond donors (Lipinski definition) is 2. The van der Waals surface area contributed by atoms with Crippen LogP contribution in [0.4, 0.5) is 0 Å². The lowest BCUT2D eigenvalue weighted by molar-refractivity contribution is 0.980. The van der Waals surface area contributed by atoms with Gasteiger partial charge in [0.25, 0.3) is 0 Å². The summed E-state index contributed by atoms with van der Waals surface area (Å²) in [5, 5.41) is 0.711. The number of rotatable bonds is 2. The Balaban J connectivity index is 3.06. The lowest BCUT2D eigenvalue weighted by Crippen LogP contribution is -2.05. The Morgan fingerprint density at radius 1 is 1.09 bits per heavy atom. The third-order valence-corrected chi connectivity index (χ3v) is 1.84. The van der Waals surface area contributed by atoms with Crippen LogP contribution < -0.4 is 11.5 Å². The van der Waals surface area contributed by atoms with E-state index in [1.807, 2.05) is 18.2 Å². The number of nitrogens with two attached hydrogens (primary N) is 2. The minimum atomic E-state index is 0.493. The van der Waals surface area contributed by atoms with Crippen molar-refractivity contribution in [3.8, 4) is 0 Å². The Kier molecular flexibility index (Phi) is 2.88. The summed E-state index contributed by atoms with van der Waals surface area (Å²) in [4.78, 5) is 0. The van der Waals surface area contributed by atoms with Gasteiger partial charge < -0.3 is 11.5 Å². The van der Waals surface area contributed by atoms with Gasteiger partial charge >= 0.3 is 0 Å². The molecule has 0 fully saturated rings. The molecule has 0 saturated heterocycles. The number of benzene rings is 1. The van der Waals surface area contributed by atoms with Crippen molar-refractivity contribution in [2.45, 2.75) is 13.1 Å². The molecule has 0 amide bonds. The molecule has 3 heteroatoms. The van der Waals surface area contributed by atoms with Gasteiger partial charge in [-0.25, -0.2) is 0 Å². The van der Waals surface area contributed by atoms with Crippen molar-refractivity contribution in [1.29, 1.82) is 0 Å². The molecular weight excluding hydrogens is 160 g/mol. The fourth-order valence-corrected chi connectivity index (χ4v) is 1.18. The maximum atomic E-state index is 5.76. The SMILES string of the molecule is NCc1ccc(Cl)cc1CN. The van der Waals surface area contributed by atoms with Gasteiger partial charge in [-0.05, 0) is 23.3 Å². The van der Waals surface area contributed by atoms with Gasteiger partial charge in [0.15, 0.2) is 0 Å². The Bertz CT molecular complexity index is 248. The predicted molar refractivity (Wildman–Crippen MR) is 47.2 cm³/mol. The molecule has 11 heavy (non-hydrogen) atoms. The molecule has 0 bridgehead atoms.